The summed E-state index contributed by atoms with van der Waals surface area (Å²) in [7, 11) is 0. The third kappa shape index (κ3) is 5.09. The molecule has 2 aromatic rings. The molecule has 2 amide bonds. The van der Waals surface area contributed by atoms with E-state index in [0.717, 1.165) is 10.7 Å². The number of aromatic nitrogens is 1. The SMILES string of the molecule is Cc1nc(CCNC(=O)NCC(O)c2ccc(F)cc2)cs1. The van der Waals surface area contributed by atoms with Crippen LogP contribution in [0.4, 0.5) is 9.18 Å². The zero-order valence-electron chi connectivity index (χ0n) is 12.2. The van der Waals surface area contributed by atoms with Gasteiger partial charge in [0.25, 0.3) is 0 Å². The number of nitrogens with one attached hydrogen (secondary N) is 2. The molecule has 0 radical (unpaired) electrons. The first-order chi connectivity index (χ1) is 10.5. The van der Waals surface area contributed by atoms with E-state index in [1.54, 1.807) is 11.3 Å². The van der Waals surface area contributed by atoms with Crippen molar-refractivity contribution < 1.29 is 14.3 Å². The molecule has 0 aliphatic rings. The first-order valence-electron chi connectivity index (χ1n) is 6.91. The maximum absolute atomic E-state index is 12.8. The van der Waals surface area contributed by atoms with Crippen LogP contribution in [0.1, 0.15) is 22.4 Å². The van der Waals surface area contributed by atoms with Gasteiger partial charge in [-0.3, -0.25) is 0 Å². The van der Waals surface area contributed by atoms with Crippen LogP contribution >= 0.6 is 11.3 Å². The zero-order chi connectivity index (χ0) is 15.9. The number of hydrogen-bond acceptors (Lipinski definition) is 4. The van der Waals surface area contributed by atoms with E-state index in [1.165, 1.54) is 24.3 Å². The largest absolute Gasteiger partial charge is 0.387 e. The monoisotopic (exact) mass is 323 g/mol. The Hall–Kier alpha value is -1.99. The summed E-state index contributed by atoms with van der Waals surface area (Å²) in [5.41, 5.74) is 1.51. The van der Waals surface area contributed by atoms with Crippen LogP contribution in [0.15, 0.2) is 29.6 Å². The molecule has 0 aliphatic heterocycles. The number of hydrogen-bond donors (Lipinski definition) is 3. The van der Waals surface area contributed by atoms with Crippen molar-refractivity contribution in [3.05, 3.63) is 51.7 Å². The Kier molecular flexibility index (Phi) is 5.85. The highest BCUT2D eigenvalue weighted by Gasteiger charge is 2.09. The second-order valence-electron chi connectivity index (χ2n) is 4.81. The molecule has 1 aromatic carbocycles. The molecule has 118 valence electrons. The van der Waals surface area contributed by atoms with Crippen molar-refractivity contribution in [1.82, 2.24) is 15.6 Å². The summed E-state index contributed by atoms with van der Waals surface area (Å²) in [6.45, 7) is 2.47. The summed E-state index contributed by atoms with van der Waals surface area (Å²) >= 11 is 1.58. The van der Waals surface area contributed by atoms with Gasteiger partial charge in [-0.1, -0.05) is 12.1 Å². The minimum absolute atomic E-state index is 0.0628. The number of thiazole rings is 1. The Labute approximate surface area is 132 Å². The van der Waals surface area contributed by atoms with Gasteiger partial charge in [0.15, 0.2) is 0 Å². The second kappa shape index (κ2) is 7.86. The van der Waals surface area contributed by atoms with E-state index in [-0.39, 0.29) is 18.4 Å². The molecule has 0 saturated carbocycles. The number of halogens is 1. The quantitative estimate of drug-likeness (QED) is 0.763. The average molecular weight is 323 g/mol. The molecule has 1 atom stereocenters. The summed E-state index contributed by atoms with van der Waals surface area (Å²) in [5, 5.41) is 18.1. The smallest absolute Gasteiger partial charge is 0.314 e. The van der Waals surface area contributed by atoms with E-state index in [1.807, 2.05) is 12.3 Å². The lowest BCUT2D eigenvalue weighted by molar-refractivity contribution is 0.173. The number of aliphatic hydroxyl groups is 1. The third-order valence-corrected chi connectivity index (χ3v) is 3.87. The number of benzene rings is 1. The van der Waals surface area contributed by atoms with Crippen LogP contribution in [0.5, 0.6) is 0 Å². The van der Waals surface area contributed by atoms with Crippen LogP contribution in [-0.4, -0.2) is 29.2 Å². The fourth-order valence-electron chi connectivity index (χ4n) is 1.88. The molecule has 1 heterocycles. The van der Waals surface area contributed by atoms with Crippen molar-refractivity contribution >= 4 is 17.4 Å². The van der Waals surface area contributed by atoms with E-state index in [4.69, 9.17) is 0 Å². The van der Waals surface area contributed by atoms with E-state index in [9.17, 15) is 14.3 Å². The number of rotatable bonds is 6. The van der Waals surface area contributed by atoms with E-state index >= 15 is 0 Å². The minimum atomic E-state index is -0.868. The van der Waals surface area contributed by atoms with Gasteiger partial charge in [-0.25, -0.2) is 14.2 Å². The van der Waals surface area contributed by atoms with Crippen molar-refractivity contribution in [2.24, 2.45) is 0 Å². The fourth-order valence-corrected chi connectivity index (χ4v) is 2.53. The standard InChI is InChI=1S/C15H18FN3O2S/c1-10-19-13(9-22-10)6-7-17-15(21)18-8-14(20)11-2-4-12(16)5-3-11/h2-5,9,14,20H,6-8H2,1H3,(H2,17,18,21). The summed E-state index contributed by atoms with van der Waals surface area (Å²) < 4.78 is 12.8. The molecule has 0 bridgehead atoms. The number of amides is 2. The topological polar surface area (TPSA) is 74.2 Å². The van der Waals surface area contributed by atoms with E-state index < -0.39 is 6.10 Å². The van der Waals surface area contributed by atoms with Crippen LogP contribution in [0.25, 0.3) is 0 Å². The van der Waals surface area contributed by atoms with Crippen molar-refractivity contribution in [2.75, 3.05) is 13.1 Å². The molecule has 0 fully saturated rings. The lowest BCUT2D eigenvalue weighted by Crippen LogP contribution is -2.38. The Balaban J connectivity index is 1.67. The molecule has 1 aromatic heterocycles. The third-order valence-electron chi connectivity index (χ3n) is 3.04. The number of urea groups is 1. The van der Waals surface area contributed by atoms with Crippen LogP contribution in [0.2, 0.25) is 0 Å². The number of aliphatic hydroxyl groups excluding tert-OH is 1. The maximum Gasteiger partial charge on any atom is 0.314 e. The van der Waals surface area contributed by atoms with Gasteiger partial charge < -0.3 is 15.7 Å². The highest BCUT2D eigenvalue weighted by atomic mass is 32.1. The minimum Gasteiger partial charge on any atom is -0.387 e. The molecule has 2 rings (SSSR count). The van der Waals surface area contributed by atoms with Crippen molar-refractivity contribution in [3.8, 4) is 0 Å². The number of carbonyl (C=O) groups is 1. The number of carbonyl (C=O) groups excluding carboxylic acids is 1. The lowest BCUT2D eigenvalue weighted by Gasteiger charge is -2.12. The summed E-state index contributed by atoms with van der Waals surface area (Å²) in [4.78, 5) is 15.9. The Morgan fingerprint density at radius 1 is 1.36 bits per heavy atom. The molecule has 22 heavy (non-hydrogen) atoms. The van der Waals surface area contributed by atoms with E-state index in [0.29, 0.717) is 18.5 Å². The van der Waals surface area contributed by atoms with Crippen LogP contribution in [-0.2, 0) is 6.42 Å². The van der Waals surface area contributed by atoms with Gasteiger partial charge in [0.1, 0.15) is 5.82 Å². The van der Waals surface area contributed by atoms with Crippen molar-refractivity contribution in [1.29, 1.82) is 0 Å². The summed E-state index contributed by atoms with van der Waals surface area (Å²) in [6, 6.07) is 5.17. The molecule has 5 nitrogen and oxygen atoms in total. The number of aryl methyl sites for hydroxylation is 1. The molecular formula is C15H18FN3O2S. The Morgan fingerprint density at radius 2 is 2.09 bits per heavy atom. The predicted molar refractivity (Wildman–Crippen MR) is 83.3 cm³/mol. The van der Waals surface area contributed by atoms with Gasteiger partial charge in [0, 0.05) is 24.9 Å². The number of nitrogens with zero attached hydrogens (tertiary/aromatic N) is 1. The van der Waals surface area contributed by atoms with Gasteiger partial charge in [0.2, 0.25) is 0 Å². The highest BCUT2D eigenvalue weighted by molar-refractivity contribution is 7.09. The molecule has 1 unspecified atom stereocenters. The van der Waals surface area contributed by atoms with Gasteiger partial charge in [-0.15, -0.1) is 11.3 Å². The predicted octanol–water partition coefficient (Wildman–Crippen LogP) is 2.17. The van der Waals surface area contributed by atoms with Gasteiger partial charge in [-0.2, -0.15) is 0 Å². The molecular weight excluding hydrogens is 305 g/mol. The first-order valence-corrected chi connectivity index (χ1v) is 7.79. The molecule has 7 heteroatoms. The van der Waals surface area contributed by atoms with Crippen molar-refractivity contribution in [3.63, 3.8) is 0 Å². The molecule has 0 aliphatic carbocycles. The first kappa shape index (κ1) is 16.4. The Bertz CT molecular complexity index is 616. The van der Waals surface area contributed by atoms with E-state index in [2.05, 4.69) is 15.6 Å². The maximum atomic E-state index is 12.8. The second-order valence-corrected chi connectivity index (χ2v) is 5.87. The van der Waals surface area contributed by atoms with Crippen LogP contribution < -0.4 is 10.6 Å². The molecule has 0 saturated heterocycles. The normalized spacial score (nSPS) is 12.0. The van der Waals surface area contributed by atoms with Gasteiger partial charge >= 0.3 is 6.03 Å². The molecule has 0 spiro atoms. The van der Waals surface area contributed by atoms with Crippen molar-refractivity contribution in [2.45, 2.75) is 19.4 Å². The molecule has 3 N–H and O–H groups in total. The van der Waals surface area contributed by atoms with Crippen LogP contribution in [0.3, 0.4) is 0 Å². The average Bonchev–Trinajstić information content (AvgIpc) is 2.91. The highest BCUT2D eigenvalue weighted by Crippen LogP contribution is 2.12. The Morgan fingerprint density at radius 3 is 2.73 bits per heavy atom. The van der Waals surface area contributed by atoms with Gasteiger partial charge in [0.05, 0.1) is 16.8 Å². The summed E-state index contributed by atoms with van der Waals surface area (Å²) in [5.74, 6) is -0.362. The lowest BCUT2D eigenvalue weighted by atomic mass is 10.1. The van der Waals surface area contributed by atoms with Gasteiger partial charge in [-0.05, 0) is 24.6 Å². The zero-order valence-corrected chi connectivity index (χ0v) is 13.0. The summed E-state index contributed by atoms with van der Waals surface area (Å²) in [6.07, 6.45) is -0.203. The fraction of sp³-hybridized carbons (Fsp3) is 0.333. The van der Waals surface area contributed by atoms with Crippen LogP contribution in [0, 0.1) is 12.7 Å².